The first-order chi connectivity index (χ1) is 54.3. The zero-order valence-electron chi connectivity index (χ0n) is 70.5. The molecule has 0 unspecified atom stereocenters. The molecule has 28 nitrogen and oxygen atoms in total. The van der Waals surface area contributed by atoms with Gasteiger partial charge in [-0.15, -0.1) is 0 Å². The Balaban J connectivity index is 1.45. The molecule has 1 heterocycles. The maximum absolute atomic E-state index is 15.5. The average Bonchev–Trinajstić information content (AvgIpc) is 0.816. The van der Waals surface area contributed by atoms with E-state index >= 15 is 19.2 Å². The SMILES string of the molecule is CCSSc1cccc(C)c1OC(=O)C[C@H](NC(=O)[C@H](Cc1ccccc1)NC(=O)[C@H](C(C)C)N(C)C(=O)[C@H](CC(C)C)N(C)C(=O)CNC(=O)[C@H](Cc1ccccc1)N(C)C(=O)[C@@H](NC(=O)[C@H](CC(C)C)N(C)C(=O)[C@@H](NC(=O)[C@H](C)NC)C(C)C)[C@@H](C)O)C(=O)N(C)[C@@H](Cc1ccccc1)C(=O)N[C@@H](C)C(=O)N1CCCCC1. The first kappa shape index (κ1) is 96.2. The number of esters is 1. The minimum atomic E-state index is -1.75. The van der Waals surface area contributed by atoms with Crippen LogP contribution in [-0.4, -0.2) is 252 Å². The van der Waals surface area contributed by atoms with E-state index in [1.165, 1.54) is 78.4 Å². The van der Waals surface area contributed by atoms with Crippen molar-refractivity contribution in [3.05, 3.63) is 131 Å². The highest BCUT2D eigenvalue weighted by Crippen LogP contribution is 2.39. The minimum Gasteiger partial charge on any atom is -0.425 e. The molecule has 8 N–H and O–H groups in total. The molecule has 632 valence electrons. The third-order valence-electron chi connectivity index (χ3n) is 20.6. The number of piperidine rings is 1. The van der Waals surface area contributed by atoms with E-state index in [4.69, 9.17) is 4.74 Å². The van der Waals surface area contributed by atoms with Crippen molar-refractivity contribution in [3.63, 3.8) is 0 Å². The van der Waals surface area contributed by atoms with Crippen LogP contribution in [0.15, 0.2) is 114 Å². The number of nitrogens with zero attached hydrogens (tertiary/aromatic N) is 6. The van der Waals surface area contributed by atoms with Crippen LogP contribution in [-0.2, 0) is 81.6 Å². The number of aryl methyl sites for hydroxylation is 1. The van der Waals surface area contributed by atoms with E-state index in [0.29, 0.717) is 40.2 Å². The number of hydrogen-bond acceptors (Lipinski definition) is 18. The number of benzene rings is 4. The van der Waals surface area contributed by atoms with E-state index in [2.05, 4.69) is 37.2 Å². The van der Waals surface area contributed by atoms with Gasteiger partial charge in [0.05, 0.1) is 30.0 Å². The molecule has 4 aromatic rings. The molecule has 0 saturated carbocycles. The van der Waals surface area contributed by atoms with E-state index in [-0.39, 0.29) is 55.6 Å². The lowest BCUT2D eigenvalue weighted by Gasteiger charge is -2.37. The van der Waals surface area contributed by atoms with Gasteiger partial charge in [0.1, 0.15) is 66.2 Å². The third kappa shape index (κ3) is 28.8. The van der Waals surface area contributed by atoms with Gasteiger partial charge in [0.15, 0.2) is 0 Å². The molecule has 12 atom stereocenters. The van der Waals surface area contributed by atoms with Gasteiger partial charge < -0.3 is 76.5 Å². The lowest BCUT2D eigenvalue weighted by molar-refractivity contribution is -0.150. The topological polar surface area (TPSA) is 355 Å². The van der Waals surface area contributed by atoms with Crippen molar-refractivity contribution in [2.45, 2.75) is 225 Å². The number of para-hydroxylation sites is 1. The van der Waals surface area contributed by atoms with Crippen LogP contribution in [0.1, 0.15) is 144 Å². The summed E-state index contributed by atoms with van der Waals surface area (Å²) in [7, 11) is 11.4. The van der Waals surface area contributed by atoms with Crippen molar-refractivity contribution in [3.8, 4) is 5.75 Å². The van der Waals surface area contributed by atoms with Crippen LogP contribution in [0.2, 0.25) is 0 Å². The molecule has 5 rings (SSSR count). The molecule has 1 fully saturated rings. The molecule has 1 aliphatic heterocycles. The van der Waals surface area contributed by atoms with Gasteiger partial charge in [0.2, 0.25) is 70.9 Å². The summed E-state index contributed by atoms with van der Waals surface area (Å²) < 4.78 is 6.08. The summed E-state index contributed by atoms with van der Waals surface area (Å²) >= 11 is 0. The summed E-state index contributed by atoms with van der Waals surface area (Å²) in [4.78, 5) is 199. The number of carbonyl (C=O) groups excluding carboxylic acids is 13. The summed E-state index contributed by atoms with van der Waals surface area (Å²) in [5.41, 5.74) is 2.45. The predicted octanol–water partition coefficient (Wildman–Crippen LogP) is 5.88. The van der Waals surface area contributed by atoms with Crippen LogP contribution >= 0.6 is 21.6 Å². The maximum atomic E-state index is 15.5. The molecule has 0 aromatic heterocycles. The molecule has 30 heteroatoms. The number of likely N-dealkylation sites (N-methyl/N-ethyl adjacent to an activating group) is 6. The van der Waals surface area contributed by atoms with Crippen molar-refractivity contribution >= 4 is 98.4 Å². The standard InChI is InChI=1S/C85H125N13O15S2/c1-20-114-115-68-41-33-34-55(10)74(68)113-70(101)49-63(82(109)94(16)66(48-61-39-29-23-30-40-61)78(105)88-57(12)81(108)98-42-31-24-32-43-98)90-76(103)62(46-59-35-25-21-26-36-59)89-80(107)73(54(8)9)97(19)83(110)67(45-52(4)5)93(15)69(100)50-87-77(104)65(47-60-37-27-22-28-38-60)96(18)85(112)72(58(13)99)92-79(106)64(44-51(2)3)95(17)84(111)71(53(6)7)91-75(102)56(11)86-14/h21-23,25-30,33-41,51-54,56-58,62-67,71-73,86,99H,20,24,31-32,42-50H2,1-19H3,(H,87,104)(H,88,105)(H,89,107)(H,90,103)(H,91,102)(H,92,106)/t56-,57-,58+,62-,63-,64-,65-,66-,67-,71-,72-,73-/m0/s1. The van der Waals surface area contributed by atoms with E-state index in [1.807, 2.05) is 40.7 Å². The number of rotatable bonds is 43. The van der Waals surface area contributed by atoms with E-state index in [0.717, 1.165) is 34.8 Å². The zero-order chi connectivity index (χ0) is 85.7. The van der Waals surface area contributed by atoms with Crippen molar-refractivity contribution in [2.75, 3.05) is 67.7 Å². The molecule has 1 saturated heterocycles. The Bertz CT molecular complexity index is 3910. The highest BCUT2D eigenvalue weighted by Gasteiger charge is 2.43. The number of amides is 12. The first-order valence-electron chi connectivity index (χ1n) is 39.8. The van der Waals surface area contributed by atoms with Gasteiger partial charge in [-0.1, -0.05) is 187 Å². The Morgan fingerprint density at radius 1 is 0.478 bits per heavy atom. The van der Waals surface area contributed by atoms with Crippen molar-refractivity contribution in [1.82, 2.24) is 66.6 Å². The van der Waals surface area contributed by atoms with Gasteiger partial charge in [-0.2, -0.15) is 0 Å². The van der Waals surface area contributed by atoms with Gasteiger partial charge in [-0.3, -0.25) is 62.3 Å². The molecule has 0 spiro atoms. The molecule has 4 aromatic carbocycles. The smallest absolute Gasteiger partial charge is 0.313 e. The summed E-state index contributed by atoms with van der Waals surface area (Å²) in [5, 5.41) is 30.7. The monoisotopic (exact) mass is 1630 g/mol. The fraction of sp³-hybridized carbons (Fsp3) is 0.565. The fourth-order valence-electron chi connectivity index (χ4n) is 13.6. The van der Waals surface area contributed by atoms with Gasteiger partial charge in [-0.05, 0) is 119 Å². The summed E-state index contributed by atoms with van der Waals surface area (Å²) in [6.45, 7) is 22.9. The Kier molecular flexibility index (Phi) is 39.3. The Labute approximate surface area is 687 Å². The van der Waals surface area contributed by atoms with Gasteiger partial charge in [0.25, 0.3) is 0 Å². The number of likely N-dealkylation sites (tertiary alicyclic amines) is 1. The van der Waals surface area contributed by atoms with Gasteiger partial charge in [0, 0.05) is 73.3 Å². The Hall–Kier alpha value is -9.39. The molecule has 12 amide bonds. The molecule has 115 heavy (non-hydrogen) atoms. The van der Waals surface area contributed by atoms with Crippen LogP contribution in [0.4, 0.5) is 0 Å². The molecule has 1 aliphatic rings. The van der Waals surface area contributed by atoms with Crippen LogP contribution in [0, 0.1) is 30.6 Å². The van der Waals surface area contributed by atoms with E-state index in [1.54, 1.807) is 164 Å². The second-order valence-electron chi connectivity index (χ2n) is 31.4. The van der Waals surface area contributed by atoms with Gasteiger partial charge >= 0.3 is 5.97 Å². The quantitative estimate of drug-likeness (QED) is 0.0146. The highest BCUT2D eigenvalue weighted by atomic mass is 33.1. The number of aliphatic hydroxyl groups is 1. The number of aliphatic hydroxyl groups excluding tert-OH is 1. The summed E-state index contributed by atoms with van der Waals surface area (Å²) in [6.07, 6.45) is 0.178. The summed E-state index contributed by atoms with van der Waals surface area (Å²) in [6, 6.07) is 17.7. The number of carbonyl (C=O) groups is 13. The van der Waals surface area contributed by atoms with Crippen molar-refractivity contribution in [1.29, 1.82) is 0 Å². The fourth-order valence-corrected chi connectivity index (χ4v) is 15.4. The van der Waals surface area contributed by atoms with Crippen LogP contribution in [0.25, 0.3) is 0 Å². The Morgan fingerprint density at radius 2 is 0.965 bits per heavy atom. The minimum absolute atomic E-state index is 0.0411. The van der Waals surface area contributed by atoms with Crippen molar-refractivity contribution in [2.24, 2.45) is 23.7 Å². The average molecular weight is 1630 g/mol. The van der Waals surface area contributed by atoms with E-state index in [9.17, 15) is 48.3 Å². The van der Waals surface area contributed by atoms with Crippen LogP contribution in [0.3, 0.4) is 0 Å². The highest BCUT2D eigenvalue weighted by molar-refractivity contribution is 8.76. The van der Waals surface area contributed by atoms with Crippen molar-refractivity contribution < 1.29 is 72.2 Å². The second kappa shape index (κ2) is 47.0. The lowest BCUT2D eigenvalue weighted by Crippen LogP contribution is -2.62. The zero-order valence-corrected chi connectivity index (χ0v) is 72.1. The lowest BCUT2D eigenvalue weighted by atomic mass is 9.96. The summed E-state index contributed by atoms with van der Waals surface area (Å²) in [5.74, 6) is -9.84. The predicted molar refractivity (Wildman–Crippen MR) is 446 cm³/mol. The molecule has 0 aliphatic carbocycles. The number of nitrogens with one attached hydrogen (secondary N) is 7. The first-order valence-corrected chi connectivity index (χ1v) is 42.1. The van der Waals surface area contributed by atoms with Crippen LogP contribution < -0.4 is 42.0 Å². The van der Waals surface area contributed by atoms with Crippen LogP contribution in [0.5, 0.6) is 5.75 Å². The maximum Gasteiger partial charge on any atom is 0.313 e. The third-order valence-corrected chi connectivity index (χ3v) is 23.0. The number of hydrogen-bond donors (Lipinski definition) is 8. The van der Waals surface area contributed by atoms with E-state index < -0.39 is 168 Å². The number of ether oxygens (including phenoxy) is 1. The molecular weight excluding hydrogens is 1510 g/mol. The largest absolute Gasteiger partial charge is 0.425 e. The molecule has 0 radical (unpaired) electrons. The molecule has 0 bridgehead atoms. The second-order valence-corrected chi connectivity index (χ2v) is 34.0. The normalized spacial score (nSPS) is 15.3. The van der Waals surface area contributed by atoms with Gasteiger partial charge in [-0.25, -0.2) is 0 Å². The Morgan fingerprint density at radius 3 is 1.48 bits per heavy atom. The molecular formula is C85H125N13O15S2.